The molecule has 5 heteroatoms. The summed E-state index contributed by atoms with van der Waals surface area (Å²) in [7, 11) is 0. The van der Waals surface area contributed by atoms with Crippen LogP contribution in [-0.4, -0.2) is 42.0 Å². The first-order valence-corrected chi connectivity index (χ1v) is 13.1. The average Bonchev–Trinajstić information content (AvgIpc) is 2.93. The summed E-state index contributed by atoms with van der Waals surface area (Å²) in [6.07, 6.45) is 8.02. The standard InChI is InChI=1S/C31H38N2O.2ClH/c1-4-12-26(13-5-1)25-34-31-19-11-10-16-28(31)24-30(27-14-6-2-7-15-27)33-22-20-32(21-23-33)29-17-8-3-9-18-29;;/h1-2,4-7,10-16,19,29-30H,3,8-9,17-18,20-25H2;2*1H. The van der Waals surface area contributed by atoms with E-state index in [4.69, 9.17) is 4.74 Å². The van der Waals surface area contributed by atoms with Crippen molar-refractivity contribution in [2.75, 3.05) is 26.2 Å². The maximum atomic E-state index is 6.32. The molecule has 5 rings (SSSR count). The molecule has 194 valence electrons. The SMILES string of the molecule is Cl.Cl.c1ccc(COc2ccccc2CC(c2ccccc2)N2CCN(C3CCCCC3)CC2)cc1. The number of nitrogens with zero attached hydrogens (tertiary/aromatic N) is 2. The maximum Gasteiger partial charge on any atom is 0.123 e. The van der Waals surface area contributed by atoms with E-state index in [2.05, 4.69) is 94.7 Å². The van der Waals surface area contributed by atoms with E-state index in [1.54, 1.807) is 0 Å². The van der Waals surface area contributed by atoms with Crippen molar-refractivity contribution in [1.29, 1.82) is 0 Å². The second kappa shape index (κ2) is 14.6. The van der Waals surface area contributed by atoms with Crippen LogP contribution >= 0.6 is 24.8 Å². The molecule has 0 N–H and O–H groups in total. The molecule has 2 aliphatic rings. The van der Waals surface area contributed by atoms with Gasteiger partial charge in [0.15, 0.2) is 0 Å². The lowest BCUT2D eigenvalue weighted by Gasteiger charge is -2.43. The second-order valence-electron chi connectivity index (χ2n) is 9.88. The van der Waals surface area contributed by atoms with Gasteiger partial charge in [-0.1, -0.05) is 98.1 Å². The number of hydrogen-bond donors (Lipinski definition) is 0. The van der Waals surface area contributed by atoms with Crippen LogP contribution in [0.4, 0.5) is 0 Å². The van der Waals surface area contributed by atoms with Crippen LogP contribution in [0.1, 0.15) is 54.8 Å². The summed E-state index contributed by atoms with van der Waals surface area (Å²) in [4.78, 5) is 5.48. The molecule has 1 heterocycles. The van der Waals surface area contributed by atoms with Gasteiger partial charge in [0.2, 0.25) is 0 Å². The van der Waals surface area contributed by atoms with Crippen molar-refractivity contribution >= 4 is 24.8 Å². The van der Waals surface area contributed by atoms with Gasteiger partial charge in [-0.05, 0) is 42.0 Å². The number of hydrogen-bond acceptors (Lipinski definition) is 3. The second-order valence-corrected chi connectivity index (χ2v) is 9.88. The number of piperazine rings is 1. The van der Waals surface area contributed by atoms with Crippen molar-refractivity contribution in [2.45, 2.75) is 57.2 Å². The van der Waals surface area contributed by atoms with Crippen LogP contribution in [-0.2, 0) is 13.0 Å². The molecule has 1 aliphatic carbocycles. The zero-order valence-corrected chi connectivity index (χ0v) is 22.8. The quantitative estimate of drug-likeness (QED) is 0.305. The van der Waals surface area contributed by atoms with E-state index in [0.29, 0.717) is 12.6 Å². The summed E-state index contributed by atoms with van der Waals surface area (Å²) in [6, 6.07) is 31.3. The largest absolute Gasteiger partial charge is 0.489 e. The molecule has 1 saturated heterocycles. The first-order valence-electron chi connectivity index (χ1n) is 13.1. The van der Waals surface area contributed by atoms with E-state index in [9.17, 15) is 0 Å². The smallest absolute Gasteiger partial charge is 0.123 e. The van der Waals surface area contributed by atoms with Crippen LogP contribution in [0.3, 0.4) is 0 Å². The lowest BCUT2D eigenvalue weighted by atomic mass is 9.93. The van der Waals surface area contributed by atoms with Gasteiger partial charge in [0.1, 0.15) is 12.4 Å². The minimum absolute atomic E-state index is 0. The highest BCUT2D eigenvalue weighted by Crippen LogP contribution is 2.32. The Morgan fingerprint density at radius 3 is 2.00 bits per heavy atom. The fourth-order valence-corrected chi connectivity index (χ4v) is 5.75. The first kappa shape index (κ1) is 28.5. The molecule has 1 unspecified atom stereocenters. The molecule has 3 aromatic carbocycles. The number of para-hydroxylation sites is 1. The Hall–Kier alpha value is -2.04. The third-order valence-electron chi connectivity index (χ3n) is 7.69. The number of rotatable bonds is 8. The summed E-state index contributed by atoms with van der Waals surface area (Å²) in [5.74, 6) is 1.01. The highest BCUT2D eigenvalue weighted by atomic mass is 35.5. The van der Waals surface area contributed by atoms with Gasteiger partial charge in [0.05, 0.1) is 0 Å². The van der Waals surface area contributed by atoms with Crippen LogP contribution in [0, 0.1) is 0 Å². The minimum Gasteiger partial charge on any atom is -0.489 e. The van der Waals surface area contributed by atoms with Crippen LogP contribution in [0.2, 0.25) is 0 Å². The van der Waals surface area contributed by atoms with E-state index >= 15 is 0 Å². The van der Waals surface area contributed by atoms with Gasteiger partial charge < -0.3 is 4.74 Å². The molecule has 0 aromatic heterocycles. The van der Waals surface area contributed by atoms with Gasteiger partial charge >= 0.3 is 0 Å². The third-order valence-corrected chi connectivity index (χ3v) is 7.69. The number of halogens is 2. The van der Waals surface area contributed by atoms with Gasteiger partial charge in [-0.15, -0.1) is 24.8 Å². The molecule has 0 bridgehead atoms. The summed E-state index contributed by atoms with van der Waals surface area (Å²) in [5, 5.41) is 0. The van der Waals surface area contributed by atoms with Crippen molar-refractivity contribution < 1.29 is 4.74 Å². The molecular weight excluding hydrogens is 487 g/mol. The molecule has 2 fully saturated rings. The monoisotopic (exact) mass is 526 g/mol. The van der Waals surface area contributed by atoms with E-state index in [-0.39, 0.29) is 24.8 Å². The Balaban J connectivity index is 0.00000180. The lowest BCUT2D eigenvalue weighted by molar-refractivity contribution is 0.0558. The topological polar surface area (TPSA) is 15.7 Å². The van der Waals surface area contributed by atoms with E-state index < -0.39 is 0 Å². The van der Waals surface area contributed by atoms with Crippen LogP contribution in [0.25, 0.3) is 0 Å². The summed E-state index contributed by atoms with van der Waals surface area (Å²) >= 11 is 0. The van der Waals surface area contributed by atoms with Crippen molar-refractivity contribution in [1.82, 2.24) is 9.80 Å². The molecule has 0 spiro atoms. The minimum atomic E-state index is 0. The number of benzene rings is 3. The summed E-state index contributed by atoms with van der Waals surface area (Å²) in [6.45, 7) is 5.28. The molecule has 3 nitrogen and oxygen atoms in total. The zero-order valence-electron chi connectivity index (χ0n) is 21.1. The van der Waals surface area contributed by atoms with E-state index in [1.165, 1.54) is 61.9 Å². The van der Waals surface area contributed by atoms with Crippen LogP contribution < -0.4 is 4.74 Å². The summed E-state index contributed by atoms with van der Waals surface area (Å²) < 4.78 is 6.32. The molecule has 0 radical (unpaired) electrons. The van der Waals surface area contributed by atoms with E-state index in [1.807, 2.05) is 0 Å². The van der Waals surface area contributed by atoms with Gasteiger partial charge in [0.25, 0.3) is 0 Å². The van der Waals surface area contributed by atoms with Crippen molar-refractivity contribution in [3.05, 3.63) is 102 Å². The number of ether oxygens (including phenoxy) is 1. The van der Waals surface area contributed by atoms with Crippen molar-refractivity contribution in [3.8, 4) is 5.75 Å². The predicted octanol–water partition coefficient (Wildman–Crippen LogP) is 7.34. The Morgan fingerprint density at radius 2 is 1.31 bits per heavy atom. The maximum absolute atomic E-state index is 6.32. The Bertz CT molecular complexity index is 1000. The molecule has 3 aromatic rings. The van der Waals surface area contributed by atoms with Gasteiger partial charge in [-0.3, -0.25) is 9.80 Å². The fourth-order valence-electron chi connectivity index (χ4n) is 5.75. The Labute approximate surface area is 229 Å². The third kappa shape index (κ3) is 7.49. The molecule has 1 atom stereocenters. The van der Waals surface area contributed by atoms with Crippen molar-refractivity contribution in [2.24, 2.45) is 0 Å². The predicted molar refractivity (Wildman–Crippen MR) is 155 cm³/mol. The van der Waals surface area contributed by atoms with Gasteiger partial charge in [-0.2, -0.15) is 0 Å². The van der Waals surface area contributed by atoms with Crippen LogP contribution in [0.15, 0.2) is 84.9 Å². The summed E-state index contributed by atoms with van der Waals surface area (Å²) in [5.41, 5.74) is 3.91. The lowest BCUT2D eigenvalue weighted by Crippen LogP contribution is -2.51. The highest BCUT2D eigenvalue weighted by Gasteiger charge is 2.29. The molecule has 36 heavy (non-hydrogen) atoms. The highest BCUT2D eigenvalue weighted by molar-refractivity contribution is 5.85. The Kier molecular flexibility index (Phi) is 11.6. The van der Waals surface area contributed by atoms with Gasteiger partial charge in [0, 0.05) is 38.3 Å². The normalized spacial score (nSPS) is 18.0. The van der Waals surface area contributed by atoms with Crippen LogP contribution in [0.5, 0.6) is 5.75 Å². The molecule has 1 saturated carbocycles. The first-order chi connectivity index (χ1) is 16.9. The van der Waals surface area contributed by atoms with Crippen molar-refractivity contribution in [3.63, 3.8) is 0 Å². The Morgan fingerprint density at radius 1 is 0.694 bits per heavy atom. The molecule has 0 amide bonds. The average molecular weight is 528 g/mol. The molecule has 1 aliphatic heterocycles. The van der Waals surface area contributed by atoms with Gasteiger partial charge in [-0.25, -0.2) is 0 Å². The fraction of sp³-hybridized carbons (Fsp3) is 0.419. The molecular formula is C31H40Cl2N2O. The zero-order chi connectivity index (χ0) is 23.0. The van der Waals surface area contributed by atoms with E-state index in [0.717, 1.165) is 31.3 Å².